The Balaban J connectivity index is 1.21. The quantitative estimate of drug-likeness (QED) is 0.173. The standard InChI is InChI=1S/C35H62N2/c1-3-5-7-8-9-10-11-12-13-15-17-33-28-36-35(37-29-33)34-26-24-32(25-27-34)23-22-31-20-18-30(19-21-31)16-14-6-4-2/h28-32,34H,3-27H2,1-2H3. The van der Waals surface area contributed by atoms with Gasteiger partial charge in [-0.3, -0.25) is 0 Å². The van der Waals surface area contributed by atoms with Crippen LogP contribution in [0.5, 0.6) is 0 Å². The summed E-state index contributed by atoms with van der Waals surface area (Å²) in [7, 11) is 0. The van der Waals surface area contributed by atoms with E-state index in [0.717, 1.165) is 30.0 Å². The predicted molar refractivity (Wildman–Crippen MR) is 161 cm³/mol. The molecule has 2 nitrogen and oxygen atoms in total. The molecule has 1 aromatic rings. The highest BCUT2D eigenvalue weighted by Crippen LogP contribution is 2.39. The summed E-state index contributed by atoms with van der Waals surface area (Å²) in [6, 6.07) is 0. The molecule has 2 fully saturated rings. The van der Waals surface area contributed by atoms with Gasteiger partial charge in [0.15, 0.2) is 0 Å². The lowest BCUT2D eigenvalue weighted by Gasteiger charge is -2.31. The third-order valence-electron chi connectivity index (χ3n) is 9.92. The first kappa shape index (κ1) is 30.6. The topological polar surface area (TPSA) is 25.8 Å². The number of nitrogens with zero attached hydrogens (tertiary/aromatic N) is 2. The lowest BCUT2D eigenvalue weighted by Crippen LogP contribution is -2.18. The fourth-order valence-corrected chi connectivity index (χ4v) is 7.19. The van der Waals surface area contributed by atoms with Gasteiger partial charge in [-0.2, -0.15) is 0 Å². The lowest BCUT2D eigenvalue weighted by molar-refractivity contribution is 0.221. The molecule has 37 heavy (non-hydrogen) atoms. The van der Waals surface area contributed by atoms with Crippen LogP contribution >= 0.6 is 0 Å². The van der Waals surface area contributed by atoms with E-state index in [1.54, 1.807) is 0 Å². The monoisotopic (exact) mass is 510 g/mol. The Morgan fingerprint density at radius 2 is 0.946 bits per heavy atom. The summed E-state index contributed by atoms with van der Waals surface area (Å²) in [5.41, 5.74) is 1.34. The molecule has 2 saturated carbocycles. The Labute approximate surface area is 231 Å². The second-order valence-electron chi connectivity index (χ2n) is 13.1. The minimum atomic E-state index is 0.612. The maximum Gasteiger partial charge on any atom is 0.131 e. The van der Waals surface area contributed by atoms with E-state index < -0.39 is 0 Å². The molecule has 0 radical (unpaired) electrons. The van der Waals surface area contributed by atoms with Crippen molar-refractivity contribution in [3.63, 3.8) is 0 Å². The second kappa shape index (κ2) is 19.2. The number of hydrogen-bond donors (Lipinski definition) is 0. The van der Waals surface area contributed by atoms with E-state index in [1.165, 1.54) is 160 Å². The van der Waals surface area contributed by atoms with Crippen molar-refractivity contribution in [2.24, 2.45) is 17.8 Å². The fourth-order valence-electron chi connectivity index (χ4n) is 7.19. The summed E-state index contributed by atoms with van der Waals surface area (Å²) >= 11 is 0. The molecule has 0 amide bonds. The van der Waals surface area contributed by atoms with Gasteiger partial charge in [0.1, 0.15) is 5.82 Å². The zero-order valence-corrected chi connectivity index (χ0v) is 25.0. The lowest BCUT2D eigenvalue weighted by atomic mass is 9.74. The van der Waals surface area contributed by atoms with Gasteiger partial charge in [0, 0.05) is 18.3 Å². The van der Waals surface area contributed by atoms with Crippen LogP contribution in [0.3, 0.4) is 0 Å². The number of unbranched alkanes of at least 4 members (excludes halogenated alkanes) is 11. The van der Waals surface area contributed by atoms with Crippen LogP contribution in [-0.2, 0) is 6.42 Å². The van der Waals surface area contributed by atoms with Gasteiger partial charge in [0.25, 0.3) is 0 Å². The molecule has 2 aliphatic carbocycles. The summed E-state index contributed by atoms with van der Waals surface area (Å²) in [6.45, 7) is 4.62. The van der Waals surface area contributed by atoms with Gasteiger partial charge in [-0.15, -0.1) is 0 Å². The number of aryl methyl sites for hydroxylation is 1. The molecule has 2 heteroatoms. The zero-order chi connectivity index (χ0) is 26.0. The maximum absolute atomic E-state index is 4.83. The van der Waals surface area contributed by atoms with Crippen LogP contribution in [0.4, 0.5) is 0 Å². The summed E-state index contributed by atoms with van der Waals surface area (Å²) in [5.74, 6) is 4.80. The normalized spacial score (nSPS) is 24.4. The first-order valence-electron chi connectivity index (χ1n) is 17.1. The van der Waals surface area contributed by atoms with Gasteiger partial charge in [-0.25, -0.2) is 9.97 Å². The molecule has 3 rings (SSSR count). The first-order valence-corrected chi connectivity index (χ1v) is 17.1. The Kier molecular flexibility index (Phi) is 15.9. The van der Waals surface area contributed by atoms with E-state index >= 15 is 0 Å². The van der Waals surface area contributed by atoms with E-state index in [4.69, 9.17) is 9.97 Å². The Morgan fingerprint density at radius 1 is 0.514 bits per heavy atom. The summed E-state index contributed by atoms with van der Waals surface area (Å²) in [5, 5.41) is 0. The molecular formula is C35H62N2. The minimum Gasteiger partial charge on any atom is -0.241 e. The average molecular weight is 511 g/mol. The molecule has 1 heterocycles. The van der Waals surface area contributed by atoms with E-state index in [9.17, 15) is 0 Å². The SMILES string of the molecule is CCCCCCCCCCCCc1cnc(C2CCC(CCC3CCC(CCCCC)CC3)CC2)nc1. The molecule has 2 aliphatic rings. The second-order valence-corrected chi connectivity index (χ2v) is 13.1. The van der Waals surface area contributed by atoms with E-state index in [1.807, 2.05) is 0 Å². The molecule has 1 aromatic heterocycles. The van der Waals surface area contributed by atoms with Crippen LogP contribution in [0.25, 0.3) is 0 Å². The van der Waals surface area contributed by atoms with E-state index in [2.05, 4.69) is 26.2 Å². The molecular weight excluding hydrogens is 448 g/mol. The highest BCUT2D eigenvalue weighted by atomic mass is 14.9. The maximum atomic E-state index is 4.83. The number of aromatic nitrogens is 2. The van der Waals surface area contributed by atoms with Crippen LogP contribution in [0.15, 0.2) is 12.4 Å². The first-order chi connectivity index (χ1) is 18.3. The van der Waals surface area contributed by atoms with Gasteiger partial charge in [-0.1, -0.05) is 136 Å². The van der Waals surface area contributed by atoms with Crippen LogP contribution in [-0.4, -0.2) is 9.97 Å². The van der Waals surface area contributed by atoms with Crippen molar-refractivity contribution in [2.45, 2.75) is 180 Å². The molecule has 0 unspecified atom stereocenters. The number of rotatable bonds is 19. The van der Waals surface area contributed by atoms with E-state index in [0.29, 0.717) is 5.92 Å². The highest BCUT2D eigenvalue weighted by molar-refractivity contribution is 5.08. The molecule has 0 saturated heterocycles. The van der Waals surface area contributed by atoms with Gasteiger partial charge in [-0.05, 0) is 61.8 Å². The number of hydrogen-bond acceptors (Lipinski definition) is 2. The minimum absolute atomic E-state index is 0.612. The van der Waals surface area contributed by atoms with Crippen molar-refractivity contribution in [1.29, 1.82) is 0 Å². The summed E-state index contributed by atoms with van der Waals surface area (Å²) in [6.07, 6.45) is 39.7. The van der Waals surface area contributed by atoms with Crippen molar-refractivity contribution in [3.05, 3.63) is 23.8 Å². The highest BCUT2D eigenvalue weighted by Gasteiger charge is 2.26. The largest absolute Gasteiger partial charge is 0.241 e. The molecule has 0 atom stereocenters. The third-order valence-corrected chi connectivity index (χ3v) is 9.92. The van der Waals surface area contributed by atoms with Gasteiger partial charge in [0.2, 0.25) is 0 Å². The Hall–Kier alpha value is -0.920. The van der Waals surface area contributed by atoms with Crippen LogP contribution < -0.4 is 0 Å². The Morgan fingerprint density at radius 3 is 1.49 bits per heavy atom. The molecule has 0 aromatic carbocycles. The molecule has 0 N–H and O–H groups in total. The third kappa shape index (κ3) is 12.7. The van der Waals surface area contributed by atoms with Crippen molar-refractivity contribution in [2.75, 3.05) is 0 Å². The zero-order valence-electron chi connectivity index (χ0n) is 25.0. The predicted octanol–water partition coefficient (Wildman–Crippen LogP) is 11.4. The van der Waals surface area contributed by atoms with Crippen LogP contribution in [0.1, 0.15) is 185 Å². The smallest absolute Gasteiger partial charge is 0.131 e. The van der Waals surface area contributed by atoms with Crippen LogP contribution in [0.2, 0.25) is 0 Å². The van der Waals surface area contributed by atoms with Gasteiger partial charge < -0.3 is 0 Å². The van der Waals surface area contributed by atoms with Crippen LogP contribution in [0, 0.1) is 17.8 Å². The molecule has 0 aliphatic heterocycles. The fraction of sp³-hybridized carbons (Fsp3) is 0.886. The summed E-state index contributed by atoms with van der Waals surface area (Å²) < 4.78 is 0. The molecule has 0 bridgehead atoms. The Bertz CT molecular complexity index is 652. The van der Waals surface area contributed by atoms with Gasteiger partial charge in [0.05, 0.1) is 0 Å². The van der Waals surface area contributed by atoms with Crippen molar-refractivity contribution >= 4 is 0 Å². The molecule has 0 spiro atoms. The van der Waals surface area contributed by atoms with Crippen molar-refractivity contribution in [3.8, 4) is 0 Å². The molecule has 212 valence electrons. The average Bonchev–Trinajstić information content (AvgIpc) is 2.94. The van der Waals surface area contributed by atoms with Crippen molar-refractivity contribution in [1.82, 2.24) is 9.97 Å². The summed E-state index contributed by atoms with van der Waals surface area (Å²) in [4.78, 5) is 9.67. The van der Waals surface area contributed by atoms with Gasteiger partial charge >= 0.3 is 0 Å². The van der Waals surface area contributed by atoms with E-state index in [-0.39, 0.29) is 0 Å². The van der Waals surface area contributed by atoms with Crippen molar-refractivity contribution < 1.29 is 0 Å².